The fraction of sp³-hybridized carbons (Fsp3) is 0.176. The number of rotatable bonds is 7. The molecule has 0 saturated carbocycles. The highest BCUT2D eigenvalue weighted by atomic mass is 19.3. The summed E-state index contributed by atoms with van der Waals surface area (Å²) >= 11 is 0. The number of halogens is 4. The Hall–Kier alpha value is -3.70. The van der Waals surface area contributed by atoms with Crippen LogP contribution < -0.4 is 9.47 Å². The molecule has 3 aromatic rings. The second kappa shape index (κ2) is 7.37. The van der Waals surface area contributed by atoms with Crippen LogP contribution in [0.5, 0.6) is 11.5 Å². The SMILES string of the molecule is COc1ccc(OC(F)(F)C(F)(F)n2cc(-c3ccc([N+](=O)[O-])cc3)nn2)cc1. The normalized spacial score (nSPS) is 11.9. The van der Waals surface area contributed by atoms with Gasteiger partial charge in [-0.15, -0.1) is 5.10 Å². The van der Waals surface area contributed by atoms with Crippen LogP contribution in [0.3, 0.4) is 0 Å². The zero-order valence-electron chi connectivity index (χ0n) is 14.6. The zero-order chi connectivity index (χ0) is 21.2. The van der Waals surface area contributed by atoms with Crippen LogP contribution in [0.1, 0.15) is 0 Å². The molecule has 1 heterocycles. The maximum atomic E-state index is 14.3. The lowest BCUT2D eigenvalue weighted by Crippen LogP contribution is -2.47. The molecule has 0 N–H and O–H groups in total. The van der Waals surface area contributed by atoms with Gasteiger partial charge in [0.2, 0.25) is 0 Å². The van der Waals surface area contributed by atoms with E-state index in [1.54, 1.807) is 0 Å². The van der Waals surface area contributed by atoms with E-state index in [1.807, 2.05) is 0 Å². The maximum absolute atomic E-state index is 14.3. The number of hydrogen-bond acceptors (Lipinski definition) is 6. The molecule has 0 atom stereocenters. The molecule has 0 spiro atoms. The smallest absolute Gasteiger partial charge is 0.488 e. The fourth-order valence-corrected chi connectivity index (χ4v) is 2.27. The van der Waals surface area contributed by atoms with Gasteiger partial charge in [-0.1, -0.05) is 5.21 Å². The molecule has 12 heteroatoms. The monoisotopic (exact) mass is 412 g/mol. The molecule has 0 bridgehead atoms. The highest BCUT2D eigenvalue weighted by Gasteiger charge is 2.62. The van der Waals surface area contributed by atoms with Gasteiger partial charge in [-0.05, 0) is 36.4 Å². The van der Waals surface area contributed by atoms with Gasteiger partial charge in [-0.2, -0.15) is 22.2 Å². The number of aromatic nitrogens is 3. The van der Waals surface area contributed by atoms with E-state index in [0.717, 1.165) is 24.3 Å². The van der Waals surface area contributed by atoms with E-state index in [-0.39, 0.29) is 21.6 Å². The summed E-state index contributed by atoms with van der Waals surface area (Å²) in [5, 5.41) is 17.1. The second-order valence-corrected chi connectivity index (χ2v) is 5.69. The topological polar surface area (TPSA) is 92.3 Å². The molecule has 3 rings (SSSR count). The van der Waals surface area contributed by atoms with Crippen LogP contribution >= 0.6 is 0 Å². The van der Waals surface area contributed by atoms with Crippen molar-refractivity contribution in [3.63, 3.8) is 0 Å². The van der Waals surface area contributed by atoms with Crippen molar-refractivity contribution in [2.45, 2.75) is 12.2 Å². The number of methoxy groups -OCH3 is 1. The van der Waals surface area contributed by atoms with Crippen molar-refractivity contribution >= 4 is 5.69 Å². The largest absolute Gasteiger partial charge is 0.497 e. The summed E-state index contributed by atoms with van der Waals surface area (Å²) in [4.78, 5) is 10.0. The molecule has 0 aliphatic heterocycles. The lowest BCUT2D eigenvalue weighted by molar-refractivity contribution is -0.384. The number of benzene rings is 2. The number of alkyl halides is 4. The summed E-state index contributed by atoms with van der Waals surface area (Å²) in [6.07, 6.45) is -4.37. The third-order valence-corrected chi connectivity index (χ3v) is 3.81. The van der Waals surface area contributed by atoms with E-state index >= 15 is 0 Å². The van der Waals surface area contributed by atoms with Crippen LogP contribution in [-0.2, 0) is 6.05 Å². The first-order valence-electron chi connectivity index (χ1n) is 7.90. The molecule has 29 heavy (non-hydrogen) atoms. The average molecular weight is 412 g/mol. The number of ether oxygens (including phenoxy) is 2. The zero-order valence-corrected chi connectivity index (χ0v) is 14.6. The third kappa shape index (κ3) is 3.95. The molecule has 0 saturated heterocycles. The molecule has 0 unspecified atom stereocenters. The van der Waals surface area contributed by atoms with E-state index in [4.69, 9.17) is 4.74 Å². The Labute approximate surface area is 160 Å². The number of nitrogens with zero attached hydrogens (tertiary/aromatic N) is 4. The van der Waals surface area contributed by atoms with Gasteiger partial charge >= 0.3 is 12.2 Å². The van der Waals surface area contributed by atoms with E-state index < -0.39 is 22.8 Å². The summed E-state index contributed by atoms with van der Waals surface area (Å²) in [7, 11) is 1.35. The molecule has 0 fully saturated rings. The standard InChI is InChI=1S/C17H12F4N4O4/c1-28-13-6-8-14(9-7-13)29-17(20,21)16(18,19)24-10-15(22-23-24)11-2-4-12(5-3-11)25(26)27/h2-10H,1H3. The van der Waals surface area contributed by atoms with E-state index in [2.05, 4.69) is 15.0 Å². The molecule has 0 radical (unpaired) electrons. The lowest BCUT2D eigenvalue weighted by Gasteiger charge is -2.25. The minimum atomic E-state index is -4.96. The van der Waals surface area contributed by atoms with Gasteiger partial charge in [0.1, 0.15) is 17.2 Å². The predicted octanol–water partition coefficient (Wildman–Crippen LogP) is 4.08. The molecule has 8 nitrogen and oxygen atoms in total. The predicted molar refractivity (Wildman–Crippen MR) is 90.9 cm³/mol. The average Bonchev–Trinajstić information content (AvgIpc) is 3.19. The van der Waals surface area contributed by atoms with E-state index in [1.165, 1.54) is 31.4 Å². The fourth-order valence-electron chi connectivity index (χ4n) is 2.27. The van der Waals surface area contributed by atoms with Crippen LogP contribution in [0.2, 0.25) is 0 Å². The van der Waals surface area contributed by atoms with Crippen LogP contribution in [0.4, 0.5) is 23.2 Å². The summed E-state index contributed by atoms with van der Waals surface area (Å²) in [6.45, 7) is 0. The molecule has 0 aliphatic carbocycles. The summed E-state index contributed by atoms with van der Waals surface area (Å²) in [5.74, 6) is -0.178. The summed E-state index contributed by atoms with van der Waals surface area (Å²) in [5.41, 5.74) is -0.234. The van der Waals surface area contributed by atoms with Crippen LogP contribution in [0, 0.1) is 10.1 Å². The lowest BCUT2D eigenvalue weighted by atomic mass is 10.1. The Bertz CT molecular complexity index is 1010. The molecule has 152 valence electrons. The molecular formula is C17H12F4N4O4. The van der Waals surface area contributed by atoms with Crippen molar-refractivity contribution in [1.29, 1.82) is 0 Å². The van der Waals surface area contributed by atoms with Gasteiger partial charge < -0.3 is 9.47 Å². The van der Waals surface area contributed by atoms with Crippen molar-refractivity contribution in [2.75, 3.05) is 7.11 Å². The van der Waals surface area contributed by atoms with Crippen LogP contribution in [-0.4, -0.2) is 33.1 Å². The highest BCUT2D eigenvalue weighted by Crippen LogP contribution is 2.40. The molecular weight excluding hydrogens is 400 g/mol. The first-order valence-corrected chi connectivity index (χ1v) is 7.90. The van der Waals surface area contributed by atoms with Crippen molar-refractivity contribution in [2.24, 2.45) is 0 Å². The Morgan fingerprint density at radius 1 is 1.00 bits per heavy atom. The van der Waals surface area contributed by atoms with Gasteiger partial charge in [0, 0.05) is 17.7 Å². The summed E-state index contributed by atoms with van der Waals surface area (Å²) < 4.78 is 65.7. The van der Waals surface area contributed by atoms with Gasteiger partial charge in [0.05, 0.1) is 18.2 Å². The van der Waals surface area contributed by atoms with Crippen molar-refractivity contribution in [3.8, 4) is 22.8 Å². The van der Waals surface area contributed by atoms with Crippen molar-refractivity contribution in [3.05, 3.63) is 64.8 Å². The highest BCUT2D eigenvalue weighted by molar-refractivity contribution is 5.59. The third-order valence-electron chi connectivity index (χ3n) is 3.81. The van der Waals surface area contributed by atoms with Gasteiger partial charge in [-0.3, -0.25) is 10.1 Å². The van der Waals surface area contributed by atoms with Crippen molar-refractivity contribution in [1.82, 2.24) is 15.0 Å². The molecule has 0 aliphatic rings. The van der Waals surface area contributed by atoms with Gasteiger partial charge in [0.25, 0.3) is 5.69 Å². The van der Waals surface area contributed by atoms with Crippen molar-refractivity contribution < 1.29 is 32.0 Å². The Morgan fingerprint density at radius 3 is 2.14 bits per heavy atom. The minimum absolute atomic E-state index is 0.178. The molecule has 1 aromatic heterocycles. The number of non-ortho nitro benzene ring substituents is 1. The Morgan fingerprint density at radius 2 is 1.59 bits per heavy atom. The van der Waals surface area contributed by atoms with Crippen LogP contribution in [0.15, 0.2) is 54.7 Å². The number of hydrogen-bond donors (Lipinski definition) is 0. The van der Waals surface area contributed by atoms with Crippen LogP contribution in [0.25, 0.3) is 11.3 Å². The molecule has 0 amide bonds. The van der Waals surface area contributed by atoms with Gasteiger partial charge in [0.15, 0.2) is 0 Å². The minimum Gasteiger partial charge on any atom is -0.497 e. The first kappa shape index (κ1) is 20.0. The van der Waals surface area contributed by atoms with E-state index in [9.17, 15) is 27.7 Å². The quantitative estimate of drug-likeness (QED) is 0.330. The number of nitro benzene ring substituents is 1. The Kier molecular flexibility index (Phi) is 5.10. The van der Waals surface area contributed by atoms with E-state index in [0.29, 0.717) is 11.9 Å². The first-order chi connectivity index (χ1) is 13.6. The second-order valence-electron chi connectivity index (χ2n) is 5.69. The summed E-state index contributed by atoms with van der Waals surface area (Å²) in [6, 6.07) is 4.46. The molecule has 2 aromatic carbocycles. The van der Waals surface area contributed by atoms with Gasteiger partial charge in [-0.25, -0.2) is 0 Å². The maximum Gasteiger partial charge on any atom is 0.488 e. The number of nitro groups is 1. The Balaban J connectivity index is 1.83.